The molecule has 3 rings (SSSR count). The molecule has 0 aliphatic carbocycles. The fourth-order valence-corrected chi connectivity index (χ4v) is 3.56. The number of fused-ring (bicyclic) bond motifs is 1. The molecular formula is C20H27N3O4. The van der Waals surface area contributed by atoms with E-state index in [2.05, 4.69) is 4.98 Å². The molecule has 0 saturated carbocycles. The van der Waals surface area contributed by atoms with Gasteiger partial charge in [-0.1, -0.05) is 0 Å². The SMILES string of the molecule is CCOC(=O)N1CCN(C(=O)C(C)(C)c2c[nH]c3ccc(OC)cc23)CC1. The van der Waals surface area contributed by atoms with E-state index in [-0.39, 0.29) is 12.0 Å². The molecule has 1 aromatic carbocycles. The van der Waals surface area contributed by atoms with E-state index in [1.165, 1.54) is 0 Å². The maximum absolute atomic E-state index is 13.3. The number of amides is 2. The van der Waals surface area contributed by atoms with E-state index in [9.17, 15) is 9.59 Å². The molecule has 0 unspecified atom stereocenters. The van der Waals surface area contributed by atoms with Gasteiger partial charge in [-0.05, 0) is 44.5 Å². The summed E-state index contributed by atoms with van der Waals surface area (Å²) in [4.78, 5) is 31.8. The molecule has 1 aromatic heterocycles. The predicted molar refractivity (Wildman–Crippen MR) is 103 cm³/mol. The molecule has 0 radical (unpaired) electrons. The van der Waals surface area contributed by atoms with Crippen LogP contribution >= 0.6 is 0 Å². The van der Waals surface area contributed by atoms with Crippen LogP contribution in [0, 0.1) is 0 Å². The van der Waals surface area contributed by atoms with Crippen molar-refractivity contribution in [2.45, 2.75) is 26.2 Å². The number of carbonyl (C=O) groups is 2. The van der Waals surface area contributed by atoms with Crippen molar-refractivity contribution in [3.05, 3.63) is 30.0 Å². The number of hydrogen-bond donors (Lipinski definition) is 1. The largest absolute Gasteiger partial charge is 0.497 e. The first-order valence-electron chi connectivity index (χ1n) is 9.25. The number of aromatic nitrogens is 1. The fraction of sp³-hybridized carbons (Fsp3) is 0.500. The molecule has 1 N–H and O–H groups in total. The molecule has 7 heteroatoms. The Labute approximate surface area is 159 Å². The van der Waals surface area contributed by atoms with E-state index in [4.69, 9.17) is 9.47 Å². The van der Waals surface area contributed by atoms with Gasteiger partial charge in [-0.2, -0.15) is 0 Å². The average molecular weight is 373 g/mol. The zero-order chi connectivity index (χ0) is 19.6. The zero-order valence-corrected chi connectivity index (χ0v) is 16.4. The predicted octanol–water partition coefficient (Wildman–Crippen LogP) is 2.75. The standard InChI is InChI=1S/C20H27N3O4/c1-5-27-19(25)23-10-8-22(9-11-23)18(24)20(2,3)16-13-21-17-7-6-14(26-4)12-15(16)17/h6-7,12-13,21H,5,8-11H2,1-4H3. The first kappa shape index (κ1) is 19.1. The molecule has 1 saturated heterocycles. The third-order valence-corrected chi connectivity index (χ3v) is 5.19. The summed E-state index contributed by atoms with van der Waals surface area (Å²) in [5, 5.41) is 0.984. The molecule has 146 valence electrons. The molecule has 2 heterocycles. The topological polar surface area (TPSA) is 74.9 Å². The second-order valence-electron chi connectivity index (χ2n) is 7.22. The normalized spacial score (nSPS) is 15.1. The lowest BCUT2D eigenvalue weighted by Crippen LogP contribution is -2.54. The zero-order valence-electron chi connectivity index (χ0n) is 16.4. The Balaban J connectivity index is 1.77. The lowest BCUT2D eigenvalue weighted by atomic mass is 9.82. The highest BCUT2D eigenvalue weighted by Gasteiger charge is 2.37. The number of ether oxygens (including phenoxy) is 2. The molecule has 27 heavy (non-hydrogen) atoms. The second-order valence-corrected chi connectivity index (χ2v) is 7.22. The molecule has 2 amide bonds. The van der Waals surface area contributed by atoms with Crippen molar-refractivity contribution >= 4 is 22.9 Å². The number of methoxy groups -OCH3 is 1. The Kier molecular flexibility index (Phi) is 5.30. The summed E-state index contributed by atoms with van der Waals surface area (Å²) in [6.45, 7) is 8.01. The van der Waals surface area contributed by atoms with Crippen LogP contribution in [0.1, 0.15) is 26.3 Å². The van der Waals surface area contributed by atoms with Gasteiger partial charge in [0.1, 0.15) is 5.75 Å². The van der Waals surface area contributed by atoms with Crippen LogP contribution in [0.15, 0.2) is 24.4 Å². The highest BCUT2D eigenvalue weighted by atomic mass is 16.6. The summed E-state index contributed by atoms with van der Waals surface area (Å²) < 4.78 is 10.4. The summed E-state index contributed by atoms with van der Waals surface area (Å²) in [6.07, 6.45) is 1.59. The first-order valence-corrected chi connectivity index (χ1v) is 9.25. The number of piperazine rings is 1. The van der Waals surface area contributed by atoms with Crippen LogP contribution in [0.3, 0.4) is 0 Å². The molecule has 7 nitrogen and oxygen atoms in total. The van der Waals surface area contributed by atoms with Crippen LogP contribution in [0.2, 0.25) is 0 Å². The van der Waals surface area contributed by atoms with E-state index in [0.717, 1.165) is 22.2 Å². The molecule has 0 bridgehead atoms. The van der Waals surface area contributed by atoms with Crippen molar-refractivity contribution in [1.29, 1.82) is 0 Å². The number of nitrogens with zero attached hydrogens (tertiary/aromatic N) is 2. The summed E-state index contributed by atoms with van der Waals surface area (Å²) >= 11 is 0. The summed E-state index contributed by atoms with van der Waals surface area (Å²) in [5.41, 5.74) is 1.21. The molecule has 1 fully saturated rings. The third kappa shape index (κ3) is 3.59. The van der Waals surface area contributed by atoms with E-state index >= 15 is 0 Å². The van der Waals surface area contributed by atoms with Crippen LogP contribution < -0.4 is 4.74 Å². The second kappa shape index (κ2) is 7.50. The van der Waals surface area contributed by atoms with Crippen LogP contribution in [0.5, 0.6) is 5.75 Å². The highest BCUT2D eigenvalue weighted by Crippen LogP contribution is 2.34. The van der Waals surface area contributed by atoms with Gasteiger partial charge in [0.05, 0.1) is 19.1 Å². The van der Waals surface area contributed by atoms with Crippen LogP contribution in [0.4, 0.5) is 4.79 Å². The minimum atomic E-state index is -0.698. The number of benzene rings is 1. The monoisotopic (exact) mass is 373 g/mol. The Morgan fingerprint density at radius 1 is 1.15 bits per heavy atom. The van der Waals surface area contributed by atoms with Gasteiger partial charge >= 0.3 is 6.09 Å². The van der Waals surface area contributed by atoms with E-state index in [0.29, 0.717) is 32.8 Å². The van der Waals surface area contributed by atoms with Gasteiger partial charge in [-0.3, -0.25) is 4.79 Å². The molecule has 2 aromatic rings. The van der Waals surface area contributed by atoms with Gasteiger partial charge in [0.15, 0.2) is 0 Å². The summed E-state index contributed by atoms with van der Waals surface area (Å²) in [6, 6.07) is 5.80. The maximum atomic E-state index is 13.3. The van der Waals surface area contributed by atoms with Gasteiger partial charge in [0, 0.05) is 43.3 Å². The number of H-pyrrole nitrogens is 1. The number of rotatable bonds is 4. The molecule has 1 aliphatic rings. The lowest BCUT2D eigenvalue weighted by Gasteiger charge is -2.38. The van der Waals surface area contributed by atoms with E-state index in [1.807, 2.05) is 43.1 Å². The van der Waals surface area contributed by atoms with Gasteiger partial charge in [0.25, 0.3) is 0 Å². The van der Waals surface area contributed by atoms with Crippen LogP contribution in [0.25, 0.3) is 10.9 Å². The van der Waals surface area contributed by atoms with E-state index in [1.54, 1.807) is 18.9 Å². The smallest absolute Gasteiger partial charge is 0.409 e. The number of hydrogen-bond acceptors (Lipinski definition) is 4. The molecule has 0 atom stereocenters. The van der Waals surface area contributed by atoms with Crippen molar-refractivity contribution in [3.63, 3.8) is 0 Å². The molecule has 1 aliphatic heterocycles. The van der Waals surface area contributed by atoms with Gasteiger partial charge < -0.3 is 24.3 Å². The fourth-order valence-electron chi connectivity index (χ4n) is 3.56. The van der Waals surface area contributed by atoms with Crippen molar-refractivity contribution in [3.8, 4) is 5.75 Å². The highest BCUT2D eigenvalue weighted by molar-refractivity contribution is 5.95. The minimum Gasteiger partial charge on any atom is -0.497 e. The summed E-state index contributed by atoms with van der Waals surface area (Å²) in [5.74, 6) is 0.810. The first-order chi connectivity index (χ1) is 12.9. The number of aromatic amines is 1. The Bertz CT molecular complexity index is 835. The molecular weight excluding hydrogens is 346 g/mol. The van der Waals surface area contributed by atoms with E-state index < -0.39 is 5.41 Å². The Hall–Kier alpha value is -2.70. The van der Waals surface area contributed by atoms with Crippen LogP contribution in [-0.4, -0.2) is 66.7 Å². The number of nitrogens with one attached hydrogen (secondary N) is 1. The average Bonchev–Trinajstić information content (AvgIpc) is 3.11. The van der Waals surface area contributed by atoms with Gasteiger partial charge in [-0.25, -0.2) is 4.79 Å². The maximum Gasteiger partial charge on any atom is 0.409 e. The van der Waals surface area contributed by atoms with Gasteiger partial charge in [-0.15, -0.1) is 0 Å². The van der Waals surface area contributed by atoms with Crippen LogP contribution in [-0.2, 0) is 14.9 Å². The van der Waals surface area contributed by atoms with Crippen molar-refractivity contribution < 1.29 is 19.1 Å². The number of carbonyl (C=O) groups excluding carboxylic acids is 2. The molecule has 0 spiro atoms. The third-order valence-electron chi connectivity index (χ3n) is 5.19. The Morgan fingerprint density at radius 2 is 1.81 bits per heavy atom. The lowest BCUT2D eigenvalue weighted by molar-refractivity contribution is -0.137. The van der Waals surface area contributed by atoms with Crippen molar-refractivity contribution in [2.24, 2.45) is 0 Å². The summed E-state index contributed by atoms with van der Waals surface area (Å²) in [7, 11) is 1.63. The minimum absolute atomic E-state index is 0.0507. The quantitative estimate of drug-likeness (QED) is 0.894. The van der Waals surface area contributed by atoms with Crippen molar-refractivity contribution in [2.75, 3.05) is 39.9 Å². The van der Waals surface area contributed by atoms with Crippen molar-refractivity contribution in [1.82, 2.24) is 14.8 Å². The Morgan fingerprint density at radius 3 is 2.44 bits per heavy atom. The van der Waals surface area contributed by atoms with Gasteiger partial charge in [0.2, 0.25) is 5.91 Å².